The molecule has 68 valence electrons. The summed E-state index contributed by atoms with van der Waals surface area (Å²) < 4.78 is 4.89. The van der Waals surface area contributed by atoms with E-state index in [1.54, 1.807) is 14.0 Å². The van der Waals surface area contributed by atoms with Crippen LogP contribution in [0.3, 0.4) is 0 Å². The maximum Gasteiger partial charge on any atom is 0.0914 e. The maximum atomic E-state index is 9.84. The fourth-order valence-electron chi connectivity index (χ4n) is 0.696. The van der Waals surface area contributed by atoms with E-state index in [4.69, 9.17) is 10.5 Å². The highest BCUT2D eigenvalue weighted by atomic mass is 16.5. The van der Waals surface area contributed by atoms with Crippen molar-refractivity contribution in [2.24, 2.45) is 11.1 Å². The standard InChI is InChI=1S/C8H19NO2/c1-7(2,5-9)8(3,10)6-11-4/h10H,5-6,9H2,1-4H3. The molecular formula is C8H19NO2. The Bertz CT molecular complexity index is 121. The first kappa shape index (κ1) is 10.9. The topological polar surface area (TPSA) is 55.5 Å². The van der Waals surface area contributed by atoms with Crippen molar-refractivity contribution in [1.82, 2.24) is 0 Å². The summed E-state index contributed by atoms with van der Waals surface area (Å²) in [5, 5.41) is 9.84. The molecule has 11 heavy (non-hydrogen) atoms. The second-order valence-electron chi connectivity index (χ2n) is 3.79. The van der Waals surface area contributed by atoms with E-state index in [1.807, 2.05) is 13.8 Å². The number of methoxy groups -OCH3 is 1. The highest BCUT2D eigenvalue weighted by Gasteiger charge is 2.37. The average Bonchev–Trinajstić information content (AvgIpc) is 1.87. The van der Waals surface area contributed by atoms with E-state index in [2.05, 4.69) is 0 Å². The minimum Gasteiger partial charge on any atom is -0.387 e. The van der Waals surface area contributed by atoms with Gasteiger partial charge >= 0.3 is 0 Å². The number of nitrogens with two attached hydrogens (primary N) is 1. The van der Waals surface area contributed by atoms with Crippen LogP contribution in [0.4, 0.5) is 0 Å². The lowest BCUT2D eigenvalue weighted by atomic mass is 9.76. The second-order valence-corrected chi connectivity index (χ2v) is 3.79. The van der Waals surface area contributed by atoms with Gasteiger partial charge in [0.15, 0.2) is 0 Å². The smallest absolute Gasteiger partial charge is 0.0914 e. The van der Waals surface area contributed by atoms with Gasteiger partial charge in [-0.05, 0) is 6.92 Å². The fourth-order valence-corrected chi connectivity index (χ4v) is 0.696. The molecule has 3 N–H and O–H groups in total. The van der Waals surface area contributed by atoms with Gasteiger partial charge in [0.05, 0.1) is 12.2 Å². The molecule has 0 spiro atoms. The van der Waals surface area contributed by atoms with Gasteiger partial charge in [0.2, 0.25) is 0 Å². The van der Waals surface area contributed by atoms with Gasteiger partial charge in [-0.15, -0.1) is 0 Å². The van der Waals surface area contributed by atoms with Crippen LogP contribution in [0.2, 0.25) is 0 Å². The van der Waals surface area contributed by atoms with Crippen LogP contribution in [0, 0.1) is 5.41 Å². The van der Waals surface area contributed by atoms with Crippen molar-refractivity contribution in [1.29, 1.82) is 0 Å². The van der Waals surface area contributed by atoms with Crippen LogP contribution in [0.5, 0.6) is 0 Å². The highest BCUT2D eigenvalue weighted by molar-refractivity contribution is 4.90. The number of aliphatic hydroxyl groups is 1. The molecule has 0 radical (unpaired) electrons. The Balaban J connectivity index is 4.26. The Kier molecular flexibility index (Phi) is 3.48. The number of rotatable bonds is 4. The van der Waals surface area contributed by atoms with Crippen LogP contribution in [0.1, 0.15) is 20.8 Å². The first-order valence-corrected chi connectivity index (χ1v) is 3.79. The summed E-state index contributed by atoms with van der Waals surface area (Å²) >= 11 is 0. The average molecular weight is 161 g/mol. The first-order chi connectivity index (χ1) is 4.87. The van der Waals surface area contributed by atoms with Crippen molar-refractivity contribution in [3.8, 4) is 0 Å². The van der Waals surface area contributed by atoms with Gasteiger partial charge < -0.3 is 15.6 Å². The molecule has 0 fully saturated rings. The van der Waals surface area contributed by atoms with E-state index < -0.39 is 5.60 Å². The van der Waals surface area contributed by atoms with Crippen LogP contribution in [0.25, 0.3) is 0 Å². The summed E-state index contributed by atoms with van der Waals surface area (Å²) in [5.74, 6) is 0. The van der Waals surface area contributed by atoms with Crippen molar-refractivity contribution < 1.29 is 9.84 Å². The van der Waals surface area contributed by atoms with Crippen molar-refractivity contribution >= 4 is 0 Å². The molecule has 1 unspecified atom stereocenters. The SMILES string of the molecule is COCC(C)(O)C(C)(C)CN. The maximum absolute atomic E-state index is 9.84. The van der Waals surface area contributed by atoms with Crippen LogP contribution < -0.4 is 5.73 Å². The van der Waals surface area contributed by atoms with Crippen LogP contribution in [-0.4, -0.2) is 31.0 Å². The third-order valence-corrected chi connectivity index (χ3v) is 2.39. The molecule has 0 saturated heterocycles. The van der Waals surface area contributed by atoms with E-state index in [9.17, 15) is 5.11 Å². The Morgan fingerprint density at radius 1 is 1.36 bits per heavy atom. The largest absolute Gasteiger partial charge is 0.387 e. The molecule has 0 aromatic rings. The number of hydrogen-bond acceptors (Lipinski definition) is 3. The molecule has 0 aromatic heterocycles. The normalized spacial score (nSPS) is 18.0. The highest BCUT2D eigenvalue weighted by Crippen LogP contribution is 2.29. The summed E-state index contributed by atoms with van der Waals surface area (Å²) in [7, 11) is 1.57. The molecular weight excluding hydrogens is 142 g/mol. The molecule has 0 bridgehead atoms. The van der Waals surface area contributed by atoms with Gasteiger partial charge in [-0.25, -0.2) is 0 Å². The molecule has 0 aliphatic carbocycles. The van der Waals surface area contributed by atoms with Gasteiger partial charge in [0.25, 0.3) is 0 Å². The van der Waals surface area contributed by atoms with E-state index in [1.165, 1.54) is 0 Å². The van der Waals surface area contributed by atoms with Crippen LogP contribution >= 0.6 is 0 Å². The third kappa shape index (κ3) is 2.43. The zero-order chi connectivity index (χ0) is 9.12. The van der Waals surface area contributed by atoms with Crippen molar-refractivity contribution in [2.75, 3.05) is 20.3 Å². The predicted molar refractivity (Wildman–Crippen MR) is 45.3 cm³/mol. The summed E-state index contributed by atoms with van der Waals surface area (Å²) in [6.45, 7) is 6.35. The number of hydrogen-bond donors (Lipinski definition) is 2. The fraction of sp³-hybridized carbons (Fsp3) is 1.00. The van der Waals surface area contributed by atoms with Gasteiger partial charge in [-0.2, -0.15) is 0 Å². The summed E-state index contributed by atoms with van der Waals surface area (Å²) in [6, 6.07) is 0. The molecule has 0 aliphatic rings. The lowest BCUT2D eigenvalue weighted by Crippen LogP contribution is -2.49. The van der Waals surface area contributed by atoms with Crippen molar-refractivity contribution in [2.45, 2.75) is 26.4 Å². The second kappa shape index (κ2) is 3.52. The zero-order valence-corrected chi connectivity index (χ0v) is 7.85. The lowest BCUT2D eigenvalue weighted by Gasteiger charge is -2.38. The lowest BCUT2D eigenvalue weighted by molar-refractivity contribution is -0.0938. The molecule has 0 aliphatic heterocycles. The molecule has 0 amide bonds. The van der Waals surface area contributed by atoms with Crippen molar-refractivity contribution in [3.63, 3.8) is 0 Å². The van der Waals surface area contributed by atoms with Gasteiger partial charge in [0.1, 0.15) is 0 Å². The Morgan fingerprint density at radius 2 is 1.82 bits per heavy atom. The summed E-state index contributed by atoms with van der Waals surface area (Å²) in [5.41, 5.74) is 4.35. The van der Waals surface area contributed by atoms with Gasteiger partial charge in [0, 0.05) is 19.1 Å². The zero-order valence-electron chi connectivity index (χ0n) is 7.85. The summed E-state index contributed by atoms with van der Waals surface area (Å²) in [4.78, 5) is 0. The van der Waals surface area contributed by atoms with Crippen LogP contribution in [0.15, 0.2) is 0 Å². The monoisotopic (exact) mass is 161 g/mol. The molecule has 1 atom stereocenters. The Morgan fingerprint density at radius 3 is 2.09 bits per heavy atom. The predicted octanol–water partition coefficient (Wildman–Crippen LogP) is 0.369. The van der Waals surface area contributed by atoms with Gasteiger partial charge in [-0.1, -0.05) is 13.8 Å². The molecule has 0 heterocycles. The quantitative estimate of drug-likeness (QED) is 0.626. The molecule has 0 saturated carbocycles. The first-order valence-electron chi connectivity index (χ1n) is 3.79. The third-order valence-electron chi connectivity index (χ3n) is 2.39. The van der Waals surface area contributed by atoms with Crippen molar-refractivity contribution in [3.05, 3.63) is 0 Å². The molecule has 0 rings (SSSR count). The number of ether oxygens (including phenoxy) is 1. The Hall–Kier alpha value is -0.120. The molecule has 0 aromatic carbocycles. The summed E-state index contributed by atoms with van der Waals surface area (Å²) in [6.07, 6.45) is 0. The minimum atomic E-state index is -0.851. The van der Waals surface area contributed by atoms with E-state index in [-0.39, 0.29) is 5.41 Å². The molecule has 3 heteroatoms. The van der Waals surface area contributed by atoms with E-state index in [0.717, 1.165) is 0 Å². The van der Waals surface area contributed by atoms with E-state index >= 15 is 0 Å². The molecule has 3 nitrogen and oxygen atoms in total. The minimum absolute atomic E-state index is 0.303. The van der Waals surface area contributed by atoms with Gasteiger partial charge in [-0.3, -0.25) is 0 Å². The van der Waals surface area contributed by atoms with Crippen LogP contribution in [-0.2, 0) is 4.74 Å². The Labute approximate surface area is 68.5 Å². The van der Waals surface area contributed by atoms with E-state index in [0.29, 0.717) is 13.2 Å².